The Kier molecular flexibility index (Phi) is 4.62. The molecule has 0 unspecified atom stereocenters. The first-order valence-corrected chi connectivity index (χ1v) is 10.2. The van der Waals surface area contributed by atoms with Crippen LogP contribution in [0.5, 0.6) is 5.75 Å². The third-order valence-electron chi connectivity index (χ3n) is 6.00. The number of aromatic nitrogens is 2. The monoisotopic (exact) mass is 416 g/mol. The summed E-state index contributed by atoms with van der Waals surface area (Å²) in [6, 6.07) is 17.5. The Morgan fingerprint density at radius 2 is 1.81 bits per heavy atom. The van der Waals surface area contributed by atoms with Gasteiger partial charge in [0.25, 0.3) is 5.69 Å². The fourth-order valence-electron chi connectivity index (χ4n) is 4.29. The molecule has 0 aliphatic carbocycles. The molecule has 0 amide bonds. The summed E-state index contributed by atoms with van der Waals surface area (Å²) in [7, 11) is 0. The second kappa shape index (κ2) is 7.46. The normalized spacial score (nSPS) is 17.2. The Labute approximate surface area is 178 Å². The molecule has 0 bridgehead atoms. The van der Waals surface area contributed by atoms with Crippen LogP contribution in [-0.4, -0.2) is 39.6 Å². The summed E-state index contributed by atoms with van der Waals surface area (Å²) in [5.41, 5.74) is 1.46. The van der Waals surface area contributed by atoms with Crippen LogP contribution in [0.25, 0.3) is 11.3 Å². The van der Waals surface area contributed by atoms with Gasteiger partial charge in [0.2, 0.25) is 0 Å². The fraction of sp³-hybridized carbons (Fsp3) is 0.261. The van der Waals surface area contributed by atoms with Crippen LogP contribution >= 0.6 is 0 Å². The molecule has 3 aromatic rings. The molecule has 0 saturated carbocycles. The first-order valence-electron chi connectivity index (χ1n) is 10.2. The Hall–Kier alpha value is -3.81. The third-order valence-corrected chi connectivity index (χ3v) is 6.00. The van der Waals surface area contributed by atoms with Crippen LogP contribution in [0, 0.1) is 10.1 Å². The number of Topliss-reactive ketones (excluding diaryl/α,β-unsaturated/α-hetero) is 1. The van der Waals surface area contributed by atoms with Crippen molar-refractivity contribution >= 4 is 17.3 Å². The lowest BCUT2D eigenvalue weighted by Gasteiger charge is -2.44. The number of rotatable bonds is 3. The van der Waals surface area contributed by atoms with Crippen molar-refractivity contribution in [3.63, 3.8) is 0 Å². The van der Waals surface area contributed by atoms with Crippen molar-refractivity contribution in [2.24, 2.45) is 0 Å². The van der Waals surface area contributed by atoms with E-state index in [0.717, 1.165) is 18.7 Å². The number of piperidine rings is 1. The molecule has 1 spiro atoms. The molecule has 8 heteroatoms. The molecule has 2 aliphatic heterocycles. The lowest BCUT2D eigenvalue weighted by molar-refractivity contribution is -0.384. The number of hydrogen-bond donors (Lipinski definition) is 0. The molecule has 1 aromatic heterocycles. The zero-order valence-corrected chi connectivity index (χ0v) is 16.7. The number of ketones is 1. The van der Waals surface area contributed by atoms with Gasteiger partial charge in [0.15, 0.2) is 11.6 Å². The van der Waals surface area contributed by atoms with E-state index in [1.165, 1.54) is 12.1 Å². The van der Waals surface area contributed by atoms with Crippen LogP contribution < -0.4 is 9.64 Å². The van der Waals surface area contributed by atoms with Gasteiger partial charge in [-0.1, -0.05) is 24.3 Å². The molecule has 5 rings (SSSR count). The number of carbonyl (C=O) groups is 1. The van der Waals surface area contributed by atoms with Crippen LogP contribution in [0.1, 0.15) is 29.6 Å². The molecule has 0 N–H and O–H groups in total. The van der Waals surface area contributed by atoms with Gasteiger partial charge in [-0.3, -0.25) is 14.9 Å². The lowest BCUT2D eigenvalue weighted by Crippen LogP contribution is -2.51. The van der Waals surface area contributed by atoms with Crippen LogP contribution in [0.2, 0.25) is 0 Å². The maximum atomic E-state index is 12.6. The molecule has 156 valence electrons. The Morgan fingerprint density at radius 1 is 1.00 bits per heavy atom. The number of ether oxygens (including phenoxy) is 1. The third kappa shape index (κ3) is 3.61. The van der Waals surface area contributed by atoms with Crippen LogP contribution in [0.4, 0.5) is 11.5 Å². The number of anilines is 1. The van der Waals surface area contributed by atoms with E-state index in [0.29, 0.717) is 42.1 Å². The summed E-state index contributed by atoms with van der Waals surface area (Å²) >= 11 is 0. The molecule has 8 nitrogen and oxygen atoms in total. The van der Waals surface area contributed by atoms with Gasteiger partial charge in [-0.25, -0.2) is 0 Å². The summed E-state index contributed by atoms with van der Waals surface area (Å²) in [4.78, 5) is 25.3. The first-order chi connectivity index (χ1) is 15.0. The number of nitro groups is 1. The van der Waals surface area contributed by atoms with Crippen molar-refractivity contribution < 1.29 is 14.5 Å². The summed E-state index contributed by atoms with van der Waals surface area (Å²) < 4.78 is 6.28. The molecule has 3 heterocycles. The predicted molar refractivity (Wildman–Crippen MR) is 114 cm³/mol. The quantitative estimate of drug-likeness (QED) is 0.469. The minimum atomic E-state index is -0.460. The molecule has 0 atom stereocenters. The number of carbonyl (C=O) groups excluding carboxylic acids is 1. The van der Waals surface area contributed by atoms with E-state index in [9.17, 15) is 14.9 Å². The molecular weight excluding hydrogens is 396 g/mol. The molecule has 2 aliphatic rings. The second-order valence-corrected chi connectivity index (χ2v) is 7.95. The minimum Gasteiger partial charge on any atom is -0.486 e. The highest BCUT2D eigenvalue weighted by Gasteiger charge is 2.43. The highest BCUT2D eigenvalue weighted by atomic mass is 16.6. The summed E-state index contributed by atoms with van der Waals surface area (Å²) in [6.07, 6.45) is 1.85. The van der Waals surface area contributed by atoms with Crippen LogP contribution in [-0.2, 0) is 0 Å². The highest BCUT2D eigenvalue weighted by molar-refractivity contribution is 6.00. The van der Waals surface area contributed by atoms with E-state index in [1.807, 2.05) is 36.4 Å². The van der Waals surface area contributed by atoms with Gasteiger partial charge in [-0.05, 0) is 24.3 Å². The molecular formula is C23H20N4O4. The van der Waals surface area contributed by atoms with Crippen molar-refractivity contribution in [3.05, 3.63) is 76.3 Å². The van der Waals surface area contributed by atoms with E-state index in [4.69, 9.17) is 4.74 Å². The number of non-ortho nitro benzene ring substituents is 1. The smallest absolute Gasteiger partial charge is 0.270 e. The summed E-state index contributed by atoms with van der Waals surface area (Å²) in [5, 5.41) is 19.6. The molecule has 1 saturated heterocycles. The van der Waals surface area contributed by atoms with E-state index < -0.39 is 10.5 Å². The summed E-state index contributed by atoms with van der Waals surface area (Å²) in [6.45, 7) is 1.42. The van der Waals surface area contributed by atoms with Crippen LogP contribution in [0.15, 0.2) is 60.7 Å². The zero-order valence-electron chi connectivity index (χ0n) is 16.7. The number of benzene rings is 2. The second-order valence-electron chi connectivity index (χ2n) is 7.95. The van der Waals surface area contributed by atoms with Gasteiger partial charge in [-0.2, -0.15) is 0 Å². The van der Waals surface area contributed by atoms with Gasteiger partial charge in [0.1, 0.15) is 11.4 Å². The summed E-state index contributed by atoms with van der Waals surface area (Å²) in [5.74, 6) is 1.55. The van der Waals surface area contributed by atoms with Crippen molar-refractivity contribution in [2.75, 3.05) is 18.0 Å². The minimum absolute atomic E-state index is 0.0216. The lowest BCUT2D eigenvalue weighted by atomic mass is 9.82. The van der Waals surface area contributed by atoms with Gasteiger partial charge in [0, 0.05) is 43.6 Å². The zero-order chi connectivity index (χ0) is 21.4. The standard InChI is InChI=1S/C23H20N4O4/c28-20-15-23(31-21-7-2-1-6-18(20)21)10-12-26(13-11-23)22-9-8-19(24-25-22)16-4-3-5-17(14-16)27(29)30/h1-9,14H,10-13,15H2. The maximum Gasteiger partial charge on any atom is 0.270 e. The SMILES string of the molecule is O=C1CC2(CCN(c3ccc(-c4cccc([N+](=O)[O-])c4)nn3)CC2)Oc2ccccc21. The maximum absolute atomic E-state index is 12.6. The molecule has 31 heavy (non-hydrogen) atoms. The molecule has 1 fully saturated rings. The van der Waals surface area contributed by atoms with Gasteiger partial charge in [0.05, 0.1) is 22.6 Å². The van der Waals surface area contributed by atoms with E-state index in [-0.39, 0.29) is 11.5 Å². The Morgan fingerprint density at radius 3 is 2.55 bits per heavy atom. The van der Waals surface area contributed by atoms with E-state index >= 15 is 0 Å². The van der Waals surface area contributed by atoms with Crippen molar-refractivity contribution in [3.8, 4) is 17.0 Å². The number of nitrogens with zero attached hydrogens (tertiary/aromatic N) is 4. The number of fused-ring (bicyclic) bond motifs is 1. The van der Waals surface area contributed by atoms with Gasteiger partial charge in [-0.15, -0.1) is 10.2 Å². The highest BCUT2D eigenvalue weighted by Crippen LogP contribution is 2.39. The Balaban J connectivity index is 1.29. The van der Waals surface area contributed by atoms with Crippen LogP contribution in [0.3, 0.4) is 0 Å². The fourth-order valence-corrected chi connectivity index (χ4v) is 4.29. The van der Waals surface area contributed by atoms with Gasteiger partial charge < -0.3 is 9.64 Å². The van der Waals surface area contributed by atoms with Crippen molar-refractivity contribution in [1.82, 2.24) is 10.2 Å². The predicted octanol–water partition coefficient (Wildman–Crippen LogP) is 4.06. The van der Waals surface area contributed by atoms with E-state index in [1.54, 1.807) is 12.1 Å². The van der Waals surface area contributed by atoms with E-state index in [2.05, 4.69) is 15.1 Å². The number of nitro benzene ring substituents is 1. The largest absolute Gasteiger partial charge is 0.486 e. The number of hydrogen-bond acceptors (Lipinski definition) is 7. The molecule has 2 aromatic carbocycles. The van der Waals surface area contributed by atoms with Crippen molar-refractivity contribution in [1.29, 1.82) is 0 Å². The average Bonchev–Trinajstić information content (AvgIpc) is 2.80. The first kappa shape index (κ1) is 19.2. The van der Waals surface area contributed by atoms with Gasteiger partial charge >= 0.3 is 0 Å². The Bertz CT molecular complexity index is 1150. The topological polar surface area (TPSA) is 98.5 Å². The average molecular weight is 416 g/mol. The van der Waals surface area contributed by atoms with Crippen molar-refractivity contribution in [2.45, 2.75) is 24.9 Å². The molecule has 0 radical (unpaired) electrons. The number of para-hydroxylation sites is 1.